The highest BCUT2D eigenvalue weighted by Gasteiger charge is 2.19. The Balaban J connectivity index is 1.47. The minimum atomic E-state index is -0.179. The number of pyridine rings is 1. The van der Waals surface area contributed by atoms with Crippen LogP contribution in [0, 0.1) is 0 Å². The average molecular weight is 382 g/mol. The highest BCUT2D eigenvalue weighted by atomic mass is 16.5. The Morgan fingerprint density at radius 2 is 1.79 bits per heavy atom. The molecule has 1 aliphatic heterocycles. The van der Waals surface area contributed by atoms with Crippen molar-refractivity contribution < 1.29 is 14.3 Å². The molecule has 1 aliphatic rings. The molecule has 0 atom stereocenters. The first-order valence-electron chi connectivity index (χ1n) is 9.44. The van der Waals surface area contributed by atoms with Gasteiger partial charge in [-0.2, -0.15) is 0 Å². The summed E-state index contributed by atoms with van der Waals surface area (Å²) < 4.78 is 5.14. The fourth-order valence-corrected chi connectivity index (χ4v) is 3.19. The van der Waals surface area contributed by atoms with Crippen LogP contribution in [-0.2, 0) is 11.2 Å². The van der Waals surface area contributed by atoms with Gasteiger partial charge in [0, 0.05) is 39.6 Å². The number of rotatable bonds is 6. The lowest BCUT2D eigenvalue weighted by Crippen LogP contribution is -2.48. The minimum Gasteiger partial charge on any atom is -0.497 e. The largest absolute Gasteiger partial charge is 0.497 e. The third-order valence-electron chi connectivity index (χ3n) is 4.93. The number of carbonyl (C=O) groups is 2. The summed E-state index contributed by atoms with van der Waals surface area (Å²) in [6, 6.07) is 11.5. The molecule has 1 N–H and O–H groups in total. The topological polar surface area (TPSA) is 74.8 Å². The van der Waals surface area contributed by atoms with Crippen molar-refractivity contribution >= 4 is 17.5 Å². The standard InChI is InChI=1S/C21H26N4O3/c1-16(26)24-11-13-25(14-12-24)18-5-8-20(23-15-18)21(27)22-10-9-17-3-6-19(28-2)7-4-17/h3-8,15H,9-14H2,1-2H3,(H,22,27). The van der Waals surface area contributed by atoms with Gasteiger partial charge in [-0.3, -0.25) is 9.59 Å². The molecule has 0 saturated carbocycles. The Hall–Kier alpha value is -3.09. The first kappa shape index (κ1) is 19.7. The summed E-state index contributed by atoms with van der Waals surface area (Å²) in [5.74, 6) is 0.751. The fourth-order valence-electron chi connectivity index (χ4n) is 3.19. The Morgan fingerprint density at radius 3 is 2.36 bits per heavy atom. The van der Waals surface area contributed by atoms with Crippen LogP contribution in [0.25, 0.3) is 0 Å². The van der Waals surface area contributed by atoms with Crippen LogP contribution in [0.3, 0.4) is 0 Å². The Bertz CT molecular complexity index is 797. The summed E-state index contributed by atoms with van der Waals surface area (Å²) in [6.07, 6.45) is 2.47. The van der Waals surface area contributed by atoms with Crippen molar-refractivity contribution in [3.8, 4) is 5.75 Å². The van der Waals surface area contributed by atoms with Gasteiger partial charge < -0.3 is 19.9 Å². The Morgan fingerprint density at radius 1 is 1.07 bits per heavy atom. The minimum absolute atomic E-state index is 0.111. The quantitative estimate of drug-likeness (QED) is 0.824. The summed E-state index contributed by atoms with van der Waals surface area (Å²) in [4.78, 5) is 32.0. The van der Waals surface area contributed by atoms with E-state index in [1.165, 1.54) is 0 Å². The molecule has 3 rings (SSSR count). The molecule has 7 nitrogen and oxygen atoms in total. The van der Waals surface area contributed by atoms with Gasteiger partial charge in [0.1, 0.15) is 11.4 Å². The van der Waals surface area contributed by atoms with Crippen molar-refractivity contribution in [1.29, 1.82) is 0 Å². The summed E-state index contributed by atoms with van der Waals surface area (Å²) >= 11 is 0. The molecule has 2 amide bonds. The predicted molar refractivity (Wildman–Crippen MR) is 108 cm³/mol. The SMILES string of the molecule is COc1ccc(CCNC(=O)c2ccc(N3CCN(C(C)=O)CC3)cn2)cc1. The van der Waals surface area contributed by atoms with Gasteiger partial charge in [0.25, 0.3) is 5.91 Å². The fraction of sp³-hybridized carbons (Fsp3) is 0.381. The maximum absolute atomic E-state index is 12.3. The zero-order valence-corrected chi connectivity index (χ0v) is 16.4. The summed E-state index contributed by atoms with van der Waals surface area (Å²) in [7, 11) is 1.64. The molecule has 28 heavy (non-hydrogen) atoms. The van der Waals surface area contributed by atoms with E-state index in [0.29, 0.717) is 25.3 Å². The van der Waals surface area contributed by atoms with Gasteiger partial charge in [0.2, 0.25) is 5.91 Å². The van der Waals surface area contributed by atoms with Crippen LogP contribution in [-0.4, -0.2) is 61.5 Å². The molecule has 148 valence electrons. The van der Waals surface area contributed by atoms with Crippen molar-refractivity contribution in [2.45, 2.75) is 13.3 Å². The van der Waals surface area contributed by atoms with Gasteiger partial charge in [-0.15, -0.1) is 0 Å². The van der Waals surface area contributed by atoms with Gasteiger partial charge in [-0.25, -0.2) is 4.98 Å². The maximum Gasteiger partial charge on any atom is 0.269 e. The number of nitrogens with one attached hydrogen (secondary N) is 1. The molecule has 2 heterocycles. The number of hydrogen-bond donors (Lipinski definition) is 1. The number of piperazine rings is 1. The molecule has 0 aliphatic carbocycles. The molecular formula is C21H26N4O3. The molecule has 1 saturated heterocycles. The van der Waals surface area contributed by atoms with Crippen molar-refractivity contribution in [3.63, 3.8) is 0 Å². The molecule has 1 fully saturated rings. The van der Waals surface area contributed by atoms with Gasteiger partial charge >= 0.3 is 0 Å². The monoisotopic (exact) mass is 382 g/mol. The first-order valence-corrected chi connectivity index (χ1v) is 9.44. The van der Waals surface area contributed by atoms with Crippen molar-refractivity contribution in [1.82, 2.24) is 15.2 Å². The second-order valence-electron chi connectivity index (χ2n) is 6.75. The molecule has 1 aromatic heterocycles. The van der Waals surface area contributed by atoms with E-state index < -0.39 is 0 Å². The highest BCUT2D eigenvalue weighted by molar-refractivity contribution is 5.92. The Labute approximate surface area is 165 Å². The number of nitrogens with zero attached hydrogens (tertiary/aromatic N) is 3. The van der Waals surface area contributed by atoms with E-state index in [9.17, 15) is 9.59 Å². The maximum atomic E-state index is 12.3. The number of benzene rings is 1. The van der Waals surface area contributed by atoms with Gasteiger partial charge in [-0.05, 0) is 36.2 Å². The van der Waals surface area contributed by atoms with E-state index in [1.54, 1.807) is 26.3 Å². The molecule has 2 aromatic rings. The lowest BCUT2D eigenvalue weighted by atomic mass is 10.1. The zero-order valence-electron chi connectivity index (χ0n) is 16.4. The number of ether oxygens (including phenoxy) is 1. The van der Waals surface area contributed by atoms with E-state index in [2.05, 4.69) is 15.2 Å². The van der Waals surface area contributed by atoms with Crippen LogP contribution in [0.5, 0.6) is 5.75 Å². The van der Waals surface area contributed by atoms with E-state index in [1.807, 2.05) is 35.2 Å². The smallest absolute Gasteiger partial charge is 0.269 e. The number of methoxy groups -OCH3 is 1. The summed E-state index contributed by atoms with van der Waals surface area (Å²) in [5.41, 5.74) is 2.51. The third-order valence-corrected chi connectivity index (χ3v) is 4.93. The molecule has 0 radical (unpaired) electrons. The van der Waals surface area contributed by atoms with Gasteiger partial charge in [0.05, 0.1) is 19.0 Å². The van der Waals surface area contributed by atoms with Crippen LogP contribution in [0.1, 0.15) is 23.0 Å². The normalized spacial score (nSPS) is 13.9. The van der Waals surface area contributed by atoms with Crippen LogP contribution >= 0.6 is 0 Å². The molecule has 7 heteroatoms. The summed E-state index contributed by atoms with van der Waals surface area (Å²) in [5, 5.41) is 2.90. The van der Waals surface area contributed by atoms with Crippen LogP contribution in [0.2, 0.25) is 0 Å². The van der Waals surface area contributed by atoms with Crippen LogP contribution in [0.15, 0.2) is 42.6 Å². The van der Waals surface area contributed by atoms with Gasteiger partial charge in [-0.1, -0.05) is 12.1 Å². The number of anilines is 1. The van der Waals surface area contributed by atoms with E-state index in [0.717, 1.165) is 36.5 Å². The van der Waals surface area contributed by atoms with E-state index in [4.69, 9.17) is 4.74 Å². The highest BCUT2D eigenvalue weighted by Crippen LogP contribution is 2.16. The van der Waals surface area contributed by atoms with Crippen molar-refractivity contribution in [3.05, 3.63) is 53.9 Å². The number of carbonyl (C=O) groups excluding carboxylic acids is 2. The molecule has 0 unspecified atom stereocenters. The second kappa shape index (κ2) is 9.21. The van der Waals surface area contributed by atoms with Gasteiger partial charge in [0.15, 0.2) is 0 Å². The number of amides is 2. The second-order valence-corrected chi connectivity index (χ2v) is 6.75. The summed E-state index contributed by atoms with van der Waals surface area (Å²) in [6.45, 7) is 5.11. The zero-order chi connectivity index (χ0) is 19.9. The van der Waals surface area contributed by atoms with Crippen LogP contribution in [0.4, 0.5) is 5.69 Å². The average Bonchev–Trinajstić information content (AvgIpc) is 2.74. The first-order chi connectivity index (χ1) is 13.6. The predicted octanol–water partition coefficient (Wildman–Crippen LogP) is 1.73. The van der Waals surface area contributed by atoms with E-state index >= 15 is 0 Å². The molecule has 1 aromatic carbocycles. The Kier molecular flexibility index (Phi) is 6.47. The molecule has 0 bridgehead atoms. The lowest BCUT2D eigenvalue weighted by molar-refractivity contribution is -0.129. The molecule has 0 spiro atoms. The van der Waals surface area contributed by atoms with Crippen molar-refractivity contribution in [2.75, 3.05) is 44.7 Å². The van der Waals surface area contributed by atoms with E-state index in [-0.39, 0.29) is 11.8 Å². The molecular weight excluding hydrogens is 356 g/mol. The number of aromatic nitrogens is 1. The third kappa shape index (κ3) is 5.00. The lowest BCUT2D eigenvalue weighted by Gasteiger charge is -2.35. The number of hydrogen-bond acceptors (Lipinski definition) is 5. The van der Waals surface area contributed by atoms with Crippen molar-refractivity contribution in [2.24, 2.45) is 0 Å². The van der Waals surface area contributed by atoms with Crippen LogP contribution < -0.4 is 15.0 Å².